The second-order valence-corrected chi connectivity index (χ2v) is 4.84. The highest BCUT2D eigenvalue weighted by molar-refractivity contribution is 5.14. The summed E-state index contributed by atoms with van der Waals surface area (Å²) in [6.45, 7) is 6.40. The van der Waals surface area contributed by atoms with Crippen molar-refractivity contribution in [3.05, 3.63) is 35.9 Å². The minimum absolute atomic E-state index is 0.263. The molecular formula is C14H24N2. The van der Waals surface area contributed by atoms with E-state index in [-0.39, 0.29) is 6.04 Å². The average Bonchev–Trinajstić information content (AvgIpc) is 2.27. The van der Waals surface area contributed by atoms with Crippen LogP contribution in [0.2, 0.25) is 0 Å². The maximum atomic E-state index is 6.05. The summed E-state index contributed by atoms with van der Waals surface area (Å²) < 4.78 is 0. The van der Waals surface area contributed by atoms with Gasteiger partial charge >= 0.3 is 0 Å². The first-order valence-electron chi connectivity index (χ1n) is 6.18. The fourth-order valence-corrected chi connectivity index (χ4v) is 1.66. The van der Waals surface area contributed by atoms with Gasteiger partial charge in [-0.2, -0.15) is 0 Å². The van der Waals surface area contributed by atoms with Crippen LogP contribution in [0.15, 0.2) is 30.3 Å². The third-order valence-corrected chi connectivity index (χ3v) is 2.61. The Kier molecular flexibility index (Phi) is 6.12. The molecule has 16 heavy (non-hydrogen) atoms. The Morgan fingerprint density at radius 2 is 1.81 bits per heavy atom. The zero-order valence-electron chi connectivity index (χ0n) is 10.4. The Balaban J connectivity index is 2.13. The summed E-state index contributed by atoms with van der Waals surface area (Å²) in [6, 6.07) is 10.8. The number of hydrogen-bond donors (Lipinski definition) is 2. The van der Waals surface area contributed by atoms with Gasteiger partial charge in [0, 0.05) is 12.6 Å². The van der Waals surface area contributed by atoms with Crippen LogP contribution in [0.5, 0.6) is 0 Å². The molecule has 1 aromatic rings. The molecule has 0 radical (unpaired) electrons. The van der Waals surface area contributed by atoms with Gasteiger partial charge in [0.15, 0.2) is 0 Å². The van der Waals surface area contributed by atoms with E-state index >= 15 is 0 Å². The van der Waals surface area contributed by atoms with E-state index in [4.69, 9.17) is 5.73 Å². The normalized spacial score (nSPS) is 13.0. The maximum Gasteiger partial charge on any atom is 0.0168 e. The summed E-state index contributed by atoms with van der Waals surface area (Å²) in [7, 11) is 0. The quantitative estimate of drug-likeness (QED) is 0.739. The number of hydrogen-bond acceptors (Lipinski definition) is 2. The zero-order chi connectivity index (χ0) is 11.8. The topological polar surface area (TPSA) is 38.0 Å². The molecule has 1 atom stereocenters. The molecule has 1 rings (SSSR count). The minimum Gasteiger partial charge on any atom is -0.327 e. The van der Waals surface area contributed by atoms with Crippen molar-refractivity contribution in [2.45, 2.75) is 32.7 Å². The highest BCUT2D eigenvalue weighted by atomic mass is 14.9. The van der Waals surface area contributed by atoms with Crippen LogP contribution in [-0.4, -0.2) is 19.1 Å². The molecule has 1 unspecified atom stereocenters. The SMILES string of the molecule is CC(C)CNCC(N)CCc1ccccc1. The van der Waals surface area contributed by atoms with Crippen molar-refractivity contribution < 1.29 is 0 Å². The van der Waals surface area contributed by atoms with Crippen LogP contribution in [0.3, 0.4) is 0 Å². The summed E-state index contributed by atoms with van der Waals surface area (Å²) in [5.74, 6) is 0.696. The molecule has 0 heterocycles. The molecule has 0 aliphatic rings. The lowest BCUT2D eigenvalue weighted by atomic mass is 10.1. The third kappa shape index (κ3) is 5.89. The Labute approximate surface area is 99.2 Å². The van der Waals surface area contributed by atoms with E-state index in [1.165, 1.54) is 5.56 Å². The zero-order valence-corrected chi connectivity index (χ0v) is 10.4. The highest BCUT2D eigenvalue weighted by Gasteiger charge is 2.03. The molecule has 0 saturated heterocycles. The minimum atomic E-state index is 0.263. The van der Waals surface area contributed by atoms with E-state index in [0.717, 1.165) is 25.9 Å². The van der Waals surface area contributed by atoms with E-state index < -0.39 is 0 Å². The predicted molar refractivity (Wildman–Crippen MR) is 70.4 cm³/mol. The van der Waals surface area contributed by atoms with Gasteiger partial charge in [-0.15, -0.1) is 0 Å². The lowest BCUT2D eigenvalue weighted by molar-refractivity contribution is 0.498. The Morgan fingerprint density at radius 3 is 2.44 bits per heavy atom. The Morgan fingerprint density at radius 1 is 1.12 bits per heavy atom. The fraction of sp³-hybridized carbons (Fsp3) is 0.571. The Bertz CT molecular complexity index is 269. The summed E-state index contributed by atoms with van der Waals surface area (Å²) in [4.78, 5) is 0. The molecule has 0 amide bonds. The van der Waals surface area contributed by atoms with Crippen molar-refractivity contribution in [1.82, 2.24) is 5.32 Å². The van der Waals surface area contributed by atoms with Gasteiger partial charge in [-0.05, 0) is 30.9 Å². The van der Waals surface area contributed by atoms with Crippen LogP contribution in [0.4, 0.5) is 0 Å². The van der Waals surface area contributed by atoms with Gasteiger partial charge < -0.3 is 11.1 Å². The van der Waals surface area contributed by atoms with Crippen molar-refractivity contribution in [2.75, 3.05) is 13.1 Å². The summed E-state index contributed by atoms with van der Waals surface area (Å²) in [5.41, 5.74) is 7.42. The number of aryl methyl sites for hydroxylation is 1. The van der Waals surface area contributed by atoms with Gasteiger partial charge in [0.05, 0.1) is 0 Å². The largest absolute Gasteiger partial charge is 0.327 e. The van der Waals surface area contributed by atoms with Crippen molar-refractivity contribution in [3.63, 3.8) is 0 Å². The number of benzene rings is 1. The van der Waals surface area contributed by atoms with Crippen LogP contribution >= 0.6 is 0 Å². The molecule has 2 heteroatoms. The van der Waals surface area contributed by atoms with Gasteiger partial charge in [0.2, 0.25) is 0 Å². The molecule has 1 aromatic carbocycles. The lowest BCUT2D eigenvalue weighted by Gasteiger charge is -2.13. The van der Waals surface area contributed by atoms with Gasteiger partial charge in [-0.1, -0.05) is 44.2 Å². The van der Waals surface area contributed by atoms with Gasteiger partial charge in [-0.3, -0.25) is 0 Å². The second-order valence-electron chi connectivity index (χ2n) is 4.84. The first-order valence-corrected chi connectivity index (χ1v) is 6.18. The molecule has 3 N–H and O–H groups in total. The Hall–Kier alpha value is -0.860. The molecule has 0 spiro atoms. The molecule has 0 aliphatic carbocycles. The molecule has 0 fully saturated rings. The smallest absolute Gasteiger partial charge is 0.0168 e. The molecule has 2 nitrogen and oxygen atoms in total. The van der Waals surface area contributed by atoms with Gasteiger partial charge in [-0.25, -0.2) is 0 Å². The van der Waals surface area contributed by atoms with Gasteiger partial charge in [0.25, 0.3) is 0 Å². The van der Waals surface area contributed by atoms with Crippen LogP contribution in [-0.2, 0) is 6.42 Å². The molecule has 0 saturated carbocycles. The summed E-state index contributed by atoms with van der Waals surface area (Å²) in [5, 5.41) is 3.40. The first kappa shape index (κ1) is 13.2. The molecule has 0 aliphatic heterocycles. The van der Waals surface area contributed by atoms with Crippen molar-refractivity contribution in [2.24, 2.45) is 11.7 Å². The molecule has 90 valence electrons. The average molecular weight is 220 g/mol. The van der Waals surface area contributed by atoms with Crippen LogP contribution in [0.25, 0.3) is 0 Å². The maximum absolute atomic E-state index is 6.05. The van der Waals surface area contributed by atoms with E-state index in [2.05, 4.69) is 43.4 Å². The third-order valence-electron chi connectivity index (χ3n) is 2.61. The molecule has 0 aromatic heterocycles. The van der Waals surface area contributed by atoms with E-state index in [1.807, 2.05) is 6.07 Å². The summed E-state index contributed by atoms with van der Waals surface area (Å²) in [6.07, 6.45) is 2.13. The molecular weight excluding hydrogens is 196 g/mol. The fourth-order valence-electron chi connectivity index (χ4n) is 1.66. The van der Waals surface area contributed by atoms with Crippen molar-refractivity contribution >= 4 is 0 Å². The number of nitrogens with two attached hydrogens (primary N) is 1. The standard InChI is InChI=1S/C14H24N2/c1-12(2)10-16-11-14(15)9-8-13-6-4-3-5-7-13/h3-7,12,14,16H,8-11,15H2,1-2H3. The second kappa shape index (κ2) is 7.42. The van der Waals surface area contributed by atoms with Crippen LogP contribution in [0, 0.1) is 5.92 Å². The molecule has 0 bridgehead atoms. The summed E-state index contributed by atoms with van der Waals surface area (Å²) >= 11 is 0. The van der Waals surface area contributed by atoms with E-state index in [9.17, 15) is 0 Å². The first-order chi connectivity index (χ1) is 7.68. The van der Waals surface area contributed by atoms with Crippen LogP contribution < -0.4 is 11.1 Å². The monoisotopic (exact) mass is 220 g/mol. The highest BCUT2D eigenvalue weighted by Crippen LogP contribution is 2.03. The number of nitrogens with one attached hydrogen (secondary N) is 1. The van der Waals surface area contributed by atoms with E-state index in [1.54, 1.807) is 0 Å². The lowest BCUT2D eigenvalue weighted by Crippen LogP contribution is -2.35. The number of rotatable bonds is 7. The predicted octanol–water partition coefficient (Wildman–Crippen LogP) is 2.19. The van der Waals surface area contributed by atoms with Crippen molar-refractivity contribution in [1.29, 1.82) is 0 Å². The van der Waals surface area contributed by atoms with Crippen molar-refractivity contribution in [3.8, 4) is 0 Å². The van der Waals surface area contributed by atoms with Crippen LogP contribution in [0.1, 0.15) is 25.8 Å². The van der Waals surface area contributed by atoms with E-state index in [0.29, 0.717) is 5.92 Å². The van der Waals surface area contributed by atoms with Gasteiger partial charge in [0.1, 0.15) is 0 Å².